The molecule has 0 N–H and O–H groups in total. The van der Waals surface area contributed by atoms with Gasteiger partial charge in [0.25, 0.3) is 0 Å². The number of nitrogens with zero attached hydrogens (tertiary/aromatic N) is 1. The fraction of sp³-hybridized carbons (Fsp3) is 0.846. The van der Waals surface area contributed by atoms with Gasteiger partial charge in [-0.1, -0.05) is 0 Å². The topological polar surface area (TPSA) is 77.8 Å². The first-order valence-electron chi connectivity index (χ1n) is 6.33. The van der Waals surface area contributed by atoms with Crippen molar-refractivity contribution in [1.82, 2.24) is 0 Å². The van der Waals surface area contributed by atoms with Gasteiger partial charge in [-0.2, -0.15) is 5.26 Å². The molecule has 0 saturated carbocycles. The molecule has 0 bridgehead atoms. The second-order valence-electron chi connectivity index (χ2n) is 4.13. The molecule has 6 nitrogen and oxygen atoms in total. The SMILES string of the molecule is CCOC(=O)C(C)(C#N)CCOCCOCCOC. The molecule has 1 unspecified atom stereocenters. The minimum atomic E-state index is -1.15. The number of hydrogen-bond donors (Lipinski definition) is 0. The summed E-state index contributed by atoms with van der Waals surface area (Å²) in [5.74, 6) is -0.502. The predicted molar refractivity (Wildman–Crippen MR) is 68.5 cm³/mol. The molecule has 0 fully saturated rings. The van der Waals surface area contributed by atoms with E-state index in [1.807, 2.05) is 6.07 Å². The molecule has 0 rings (SSSR count). The molecule has 19 heavy (non-hydrogen) atoms. The van der Waals surface area contributed by atoms with Crippen LogP contribution in [0.5, 0.6) is 0 Å². The molecule has 110 valence electrons. The Morgan fingerprint density at radius 2 is 1.74 bits per heavy atom. The molecule has 0 aromatic carbocycles. The predicted octanol–water partition coefficient (Wildman–Crippen LogP) is 1.15. The summed E-state index contributed by atoms with van der Waals surface area (Å²) in [4.78, 5) is 11.6. The van der Waals surface area contributed by atoms with Crippen LogP contribution in [-0.2, 0) is 23.7 Å². The van der Waals surface area contributed by atoms with E-state index < -0.39 is 11.4 Å². The highest BCUT2D eigenvalue weighted by Crippen LogP contribution is 2.22. The number of esters is 1. The van der Waals surface area contributed by atoms with Crippen molar-refractivity contribution in [2.75, 3.05) is 46.8 Å². The highest BCUT2D eigenvalue weighted by molar-refractivity contribution is 5.79. The van der Waals surface area contributed by atoms with Crippen LogP contribution in [0, 0.1) is 16.7 Å². The zero-order valence-electron chi connectivity index (χ0n) is 11.9. The number of ether oxygens (including phenoxy) is 4. The van der Waals surface area contributed by atoms with Crippen LogP contribution in [0.2, 0.25) is 0 Å². The number of carbonyl (C=O) groups excluding carboxylic acids is 1. The number of carbonyl (C=O) groups is 1. The number of hydrogen-bond acceptors (Lipinski definition) is 6. The van der Waals surface area contributed by atoms with Crippen molar-refractivity contribution in [3.8, 4) is 6.07 Å². The lowest BCUT2D eigenvalue weighted by Gasteiger charge is -2.19. The van der Waals surface area contributed by atoms with Gasteiger partial charge in [0, 0.05) is 13.7 Å². The normalized spacial score (nSPS) is 13.6. The van der Waals surface area contributed by atoms with Crippen molar-refractivity contribution in [3.05, 3.63) is 0 Å². The van der Waals surface area contributed by atoms with E-state index in [4.69, 9.17) is 24.2 Å². The largest absolute Gasteiger partial charge is 0.465 e. The van der Waals surface area contributed by atoms with Crippen LogP contribution in [0.15, 0.2) is 0 Å². The first-order valence-corrected chi connectivity index (χ1v) is 6.33. The first kappa shape index (κ1) is 17.8. The minimum absolute atomic E-state index is 0.268. The monoisotopic (exact) mass is 273 g/mol. The van der Waals surface area contributed by atoms with Crippen LogP contribution in [0.3, 0.4) is 0 Å². The Labute approximate surface area is 114 Å². The van der Waals surface area contributed by atoms with E-state index in [-0.39, 0.29) is 6.61 Å². The van der Waals surface area contributed by atoms with Gasteiger partial charge >= 0.3 is 5.97 Å². The fourth-order valence-corrected chi connectivity index (χ4v) is 1.23. The minimum Gasteiger partial charge on any atom is -0.465 e. The van der Waals surface area contributed by atoms with Gasteiger partial charge in [0.2, 0.25) is 0 Å². The lowest BCUT2D eigenvalue weighted by atomic mass is 9.89. The van der Waals surface area contributed by atoms with Crippen LogP contribution < -0.4 is 0 Å². The summed E-state index contributed by atoms with van der Waals surface area (Å²) >= 11 is 0. The molecule has 0 aliphatic carbocycles. The Morgan fingerprint density at radius 3 is 2.26 bits per heavy atom. The van der Waals surface area contributed by atoms with Gasteiger partial charge in [0.15, 0.2) is 5.41 Å². The van der Waals surface area contributed by atoms with E-state index in [0.717, 1.165) is 0 Å². The third kappa shape index (κ3) is 7.78. The Kier molecular flexibility index (Phi) is 10.1. The molecule has 0 aromatic rings. The molecule has 0 radical (unpaired) electrons. The number of methoxy groups -OCH3 is 1. The van der Waals surface area contributed by atoms with Crippen LogP contribution in [0.25, 0.3) is 0 Å². The smallest absolute Gasteiger partial charge is 0.326 e. The van der Waals surface area contributed by atoms with E-state index in [2.05, 4.69) is 0 Å². The summed E-state index contributed by atoms with van der Waals surface area (Å²) in [5, 5.41) is 9.04. The second-order valence-corrected chi connectivity index (χ2v) is 4.13. The van der Waals surface area contributed by atoms with Gasteiger partial charge in [-0.3, -0.25) is 4.79 Å². The Balaban J connectivity index is 3.73. The van der Waals surface area contributed by atoms with E-state index in [1.165, 1.54) is 0 Å². The quantitative estimate of drug-likeness (QED) is 0.415. The van der Waals surface area contributed by atoms with E-state index in [1.54, 1.807) is 21.0 Å². The van der Waals surface area contributed by atoms with E-state index >= 15 is 0 Å². The van der Waals surface area contributed by atoms with Crippen molar-refractivity contribution in [2.24, 2.45) is 5.41 Å². The highest BCUT2D eigenvalue weighted by Gasteiger charge is 2.34. The summed E-state index contributed by atoms with van der Waals surface area (Å²) in [6.07, 6.45) is 0.306. The zero-order valence-corrected chi connectivity index (χ0v) is 11.9. The van der Waals surface area contributed by atoms with Gasteiger partial charge in [0.1, 0.15) is 0 Å². The van der Waals surface area contributed by atoms with Crippen LogP contribution >= 0.6 is 0 Å². The molecule has 0 saturated heterocycles. The molecular weight excluding hydrogens is 250 g/mol. The number of rotatable bonds is 11. The van der Waals surface area contributed by atoms with Crippen molar-refractivity contribution in [2.45, 2.75) is 20.3 Å². The van der Waals surface area contributed by atoms with E-state index in [9.17, 15) is 4.79 Å². The van der Waals surface area contributed by atoms with Gasteiger partial charge in [-0.25, -0.2) is 0 Å². The molecule has 0 aliphatic heterocycles. The summed E-state index contributed by atoms with van der Waals surface area (Å²) in [6.45, 7) is 5.82. The summed E-state index contributed by atoms with van der Waals surface area (Å²) in [5.41, 5.74) is -1.15. The number of nitriles is 1. The molecule has 6 heteroatoms. The molecule has 0 heterocycles. The maximum atomic E-state index is 11.6. The van der Waals surface area contributed by atoms with Gasteiger partial charge in [0.05, 0.1) is 39.1 Å². The van der Waals surface area contributed by atoms with Gasteiger partial charge in [-0.05, 0) is 20.3 Å². The Hall–Kier alpha value is -1.16. The Morgan fingerprint density at radius 1 is 1.16 bits per heavy atom. The van der Waals surface area contributed by atoms with E-state index in [0.29, 0.717) is 39.5 Å². The second kappa shape index (κ2) is 10.7. The fourth-order valence-electron chi connectivity index (χ4n) is 1.23. The highest BCUT2D eigenvalue weighted by atomic mass is 16.5. The first-order chi connectivity index (χ1) is 9.10. The van der Waals surface area contributed by atoms with Crippen LogP contribution in [0.4, 0.5) is 0 Å². The average Bonchev–Trinajstić information content (AvgIpc) is 2.41. The maximum Gasteiger partial charge on any atom is 0.326 e. The summed E-state index contributed by atoms with van der Waals surface area (Å²) in [7, 11) is 1.61. The molecule has 1 atom stereocenters. The third-order valence-electron chi connectivity index (χ3n) is 2.52. The van der Waals surface area contributed by atoms with Crippen molar-refractivity contribution in [1.29, 1.82) is 5.26 Å². The molecule has 0 aromatic heterocycles. The Bertz CT molecular complexity index is 289. The van der Waals surface area contributed by atoms with Crippen LogP contribution in [0.1, 0.15) is 20.3 Å². The van der Waals surface area contributed by atoms with Gasteiger partial charge < -0.3 is 18.9 Å². The third-order valence-corrected chi connectivity index (χ3v) is 2.52. The van der Waals surface area contributed by atoms with Crippen molar-refractivity contribution in [3.63, 3.8) is 0 Å². The van der Waals surface area contributed by atoms with Crippen molar-refractivity contribution >= 4 is 5.97 Å². The summed E-state index contributed by atoms with van der Waals surface area (Å²) < 4.78 is 20.2. The van der Waals surface area contributed by atoms with Crippen molar-refractivity contribution < 1.29 is 23.7 Å². The molecule has 0 aliphatic rings. The zero-order chi connectivity index (χ0) is 14.6. The lowest BCUT2D eigenvalue weighted by molar-refractivity contribution is -0.152. The molecular formula is C13H23NO5. The maximum absolute atomic E-state index is 11.6. The standard InChI is InChI=1S/C13H23NO5/c1-4-19-12(15)13(2,11-14)5-6-17-9-10-18-8-7-16-3/h4-10H2,1-3H3. The summed E-state index contributed by atoms with van der Waals surface area (Å²) in [6, 6.07) is 1.98. The van der Waals surface area contributed by atoms with Crippen LogP contribution in [-0.4, -0.2) is 52.7 Å². The molecule has 0 spiro atoms. The molecule has 0 amide bonds. The lowest BCUT2D eigenvalue weighted by Crippen LogP contribution is -2.30. The average molecular weight is 273 g/mol. The van der Waals surface area contributed by atoms with Gasteiger partial charge in [-0.15, -0.1) is 0 Å².